The first kappa shape index (κ1) is 15.5. The van der Waals surface area contributed by atoms with E-state index >= 15 is 0 Å². The molecule has 4 nitrogen and oxygen atoms in total. The van der Waals surface area contributed by atoms with Crippen molar-refractivity contribution in [3.05, 3.63) is 29.8 Å². The zero-order chi connectivity index (χ0) is 14.3. The standard InChI is InChI=1S/C15H24N2O2/c1-4-15(2,11-16)17-14(18)10-7-12-5-8-13(19-3)9-6-12/h5-6,8-9H,4,7,10-11,16H2,1-3H3,(H,17,18). The summed E-state index contributed by atoms with van der Waals surface area (Å²) in [5.41, 5.74) is 6.51. The van der Waals surface area contributed by atoms with Crippen molar-refractivity contribution in [3.8, 4) is 5.75 Å². The van der Waals surface area contributed by atoms with E-state index < -0.39 is 0 Å². The molecule has 1 atom stereocenters. The fraction of sp³-hybridized carbons (Fsp3) is 0.533. The molecule has 0 aliphatic rings. The zero-order valence-corrected chi connectivity index (χ0v) is 12.0. The van der Waals surface area contributed by atoms with Gasteiger partial charge in [-0.2, -0.15) is 0 Å². The second-order valence-electron chi connectivity index (χ2n) is 5.01. The second kappa shape index (κ2) is 7.14. The van der Waals surface area contributed by atoms with E-state index in [1.165, 1.54) is 0 Å². The van der Waals surface area contributed by atoms with Gasteiger partial charge in [-0.25, -0.2) is 0 Å². The lowest BCUT2D eigenvalue weighted by molar-refractivity contribution is -0.122. The summed E-state index contributed by atoms with van der Waals surface area (Å²) in [4.78, 5) is 11.9. The van der Waals surface area contributed by atoms with Crippen molar-refractivity contribution >= 4 is 5.91 Å². The molecular weight excluding hydrogens is 240 g/mol. The number of carbonyl (C=O) groups excluding carboxylic acids is 1. The van der Waals surface area contributed by atoms with Crippen LogP contribution in [0.4, 0.5) is 0 Å². The summed E-state index contributed by atoms with van der Waals surface area (Å²) in [7, 11) is 1.64. The fourth-order valence-corrected chi connectivity index (χ4v) is 1.73. The number of nitrogens with two attached hydrogens (primary N) is 1. The van der Waals surface area contributed by atoms with Crippen LogP contribution < -0.4 is 15.8 Å². The van der Waals surface area contributed by atoms with Gasteiger partial charge in [-0.3, -0.25) is 4.79 Å². The predicted molar refractivity (Wildman–Crippen MR) is 77.2 cm³/mol. The van der Waals surface area contributed by atoms with Crippen molar-refractivity contribution in [3.63, 3.8) is 0 Å². The Balaban J connectivity index is 2.45. The van der Waals surface area contributed by atoms with Gasteiger partial charge in [-0.15, -0.1) is 0 Å². The first-order chi connectivity index (χ1) is 9.03. The van der Waals surface area contributed by atoms with Crippen molar-refractivity contribution in [2.24, 2.45) is 5.73 Å². The molecular formula is C15H24N2O2. The second-order valence-corrected chi connectivity index (χ2v) is 5.01. The minimum Gasteiger partial charge on any atom is -0.497 e. The molecule has 19 heavy (non-hydrogen) atoms. The number of ether oxygens (including phenoxy) is 1. The van der Waals surface area contributed by atoms with E-state index in [0.717, 1.165) is 24.2 Å². The monoisotopic (exact) mass is 264 g/mol. The van der Waals surface area contributed by atoms with Crippen molar-refractivity contribution in [2.45, 2.75) is 38.6 Å². The smallest absolute Gasteiger partial charge is 0.220 e. The number of benzene rings is 1. The SMILES string of the molecule is CCC(C)(CN)NC(=O)CCc1ccc(OC)cc1. The quantitative estimate of drug-likeness (QED) is 0.790. The van der Waals surface area contributed by atoms with Crippen LogP contribution in [0.15, 0.2) is 24.3 Å². The third kappa shape index (κ3) is 4.91. The van der Waals surface area contributed by atoms with Crippen molar-refractivity contribution in [2.75, 3.05) is 13.7 Å². The Kier molecular flexibility index (Phi) is 5.83. The maximum absolute atomic E-state index is 11.9. The van der Waals surface area contributed by atoms with Gasteiger partial charge in [0, 0.05) is 18.5 Å². The van der Waals surface area contributed by atoms with Gasteiger partial charge >= 0.3 is 0 Å². The summed E-state index contributed by atoms with van der Waals surface area (Å²) >= 11 is 0. The molecule has 106 valence electrons. The maximum Gasteiger partial charge on any atom is 0.220 e. The lowest BCUT2D eigenvalue weighted by Gasteiger charge is -2.27. The third-order valence-corrected chi connectivity index (χ3v) is 3.47. The Morgan fingerprint density at radius 1 is 1.37 bits per heavy atom. The summed E-state index contributed by atoms with van der Waals surface area (Å²) < 4.78 is 5.10. The topological polar surface area (TPSA) is 64.3 Å². The molecule has 0 spiro atoms. The average molecular weight is 264 g/mol. The highest BCUT2D eigenvalue weighted by Crippen LogP contribution is 2.13. The Bertz CT molecular complexity index is 397. The fourth-order valence-electron chi connectivity index (χ4n) is 1.73. The first-order valence-corrected chi connectivity index (χ1v) is 6.67. The summed E-state index contributed by atoms with van der Waals surface area (Å²) in [6, 6.07) is 7.77. The largest absolute Gasteiger partial charge is 0.497 e. The van der Waals surface area contributed by atoms with Gasteiger partial charge in [-0.1, -0.05) is 19.1 Å². The summed E-state index contributed by atoms with van der Waals surface area (Å²) in [5.74, 6) is 0.875. The molecule has 0 heterocycles. The maximum atomic E-state index is 11.9. The molecule has 1 amide bonds. The van der Waals surface area contributed by atoms with E-state index in [4.69, 9.17) is 10.5 Å². The van der Waals surface area contributed by atoms with Gasteiger partial charge in [0.15, 0.2) is 0 Å². The molecule has 0 fully saturated rings. The van der Waals surface area contributed by atoms with Gasteiger partial charge in [-0.05, 0) is 37.5 Å². The number of aryl methyl sites for hydroxylation is 1. The summed E-state index contributed by atoms with van der Waals surface area (Å²) in [6.07, 6.45) is 2.03. The number of nitrogens with one attached hydrogen (secondary N) is 1. The number of hydrogen-bond acceptors (Lipinski definition) is 3. The molecule has 1 aromatic carbocycles. The molecule has 1 rings (SSSR count). The average Bonchev–Trinajstić information content (AvgIpc) is 2.45. The molecule has 1 aromatic rings. The number of rotatable bonds is 7. The highest BCUT2D eigenvalue weighted by molar-refractivity contribution is 5.77. The van der Waals surface area contributed by atoms with E-state index in [9.17, 15) is 4.79 Å². The van der Waals surface area contributed by atoms with E-state index in [1.54, 1.807) is 7.11 Å². The van der Waals surface area contributed by atoms with Gasteiger partial charge < -0.3 is 15.8 Å². The Morgan fingerprint density at radius 3 is 2.47 bits per heavy atom. The normalized spacial score (nSPS) is 13.7. The molecule has 3 N–H and O–H groups in total. The number of methoxy groups -OCH3 is 1. The minimum atomic E-state index is -0.295. The number of amides is 1. The van der Waals surface area contributed by atoms with Crippen molar-refractivity contribution in [1.82, 2.24) is 5.32 Å². The van der Waals surface area contributed by atoms with Crippen LogP contribution in [-0.2, 0) is 11.2 Å². The highest BCUT2D eigenvalue weighted by atomic mass is 16.5. The van der Waals surface area contributed by atoms with Crippen LogP contribution in [0.5, 0.6) is 5.75 Å². The minimum absolute atomic E-state index is 0.0469. The van der Waals surface area contributed by atoms with E-state index in [2.05, 4.69) is 5.32 Å². The summed E-state index contributed by atoms with van der Waals surface area (Å²) in [6.45, 7) is 4.45. The van der Waals surface area contributed by atoms with Crippen molar-refractivity contribution < 1.29 is 9.53 Å². The van der Waals surface area contributed by atoms with E-state index in [0.29, 0.717) is 13.0 Å². The summed E-state index contributed by atoms with van der Waals surface area (Å²) in [5, 5.41) is 3.00. The number of hydrogen-bond donors (Lipinski definition) is 2. The lowest BCUT2D eigenvalue weighted by atomic mass is 9.98. The van der Waals surface area contributed by atoms with Gasteiger partial charge in [0.25, 0.3) is 0 Å². The molecule has 0 saturated heterocycles. The van der Waals surface area contributed by atoms with Crippen LogP contribution in [0.3, 0.4) is 0 Å². The molecule has 0 bridgehead atoms. The van der Waals surface area contributed by atoms with Gasteiger partial charge in [0.2, 0.25) is 5.91 Å². The molecule has 0 radical (unpaired) electrons. The van der Waals surface area contributed by atoms with E-state index in [-0.39, 0.29) is 11.4 Å². The van der Waals surface area contributed by atoms with Crippen molar-refractivity contribution in [1.29, 1.82) is 0 Å². The van der Waals surface area contributed by atoms with Crippen LogP contribution >= 0.6 is 0 Å². The molecule has 0 aromatic heterocycles. The number of carbonyl (C=O) groups is 1. The predicted octanol–water partition coefficient (Wildman–Crippen LogP) is 1.87. The molecule has 0 aliphatic heterocycles. The van der Waals surface area contributed by atoms with Crippen LogP contribution in [0.1, 0.15) is 32.3 Å². The molecule has 0 aliphatic carbocycles. The van der Waals surface area contributed by atoms with Crippen LogP contribution in [0.25, 0.3) is 0 Å². The Hall–Kier alpha value is -1.55. The first-order valence-electron chi connectivity index (χ1n) is 6.67. The third-order valence-electron chi connectivity index (χ3n) is 3.47. The highest BCUT2D eigenvalue weighted by Gasteiger charge is 2.21. The molecule has 1 unspecified atom stereocenters. The molecule has 0 saturated carbocycles. The van der Waals surface area contributed by atoms with Crippen LogP contribution in [-0.4, -0.2) is 25.1 Å². The lowest BCUT2D eigenvalue weighted by Crippen LogP contribution is -2.50. The molecule has 4 heteroatoms. The zero-order valence-electron chi connectivity index (χ0n) is 12.0. The Morgan fingerprint density at radius 2 is 2.00 bits per heavy atom. The van der Waals surface area contributed by atoms with E-state index in [1.807, 2.05) is 38.1 Å². The van der Waals surface area contributed by atoms with Crippen LogP contribution in [0.2, 0.25) is 0 Å². The van der Waals surface area contributed by atoms with Gasteiger partial charge in [0.05, 0.1) is 7.11 Å². The Labute approximate surface area is 115 Å². The van der Waals surface area contributed by atoms with Crippen LogP contribution in [0, 0.1) is 0 Å². The van der Waals surface area contributed by atoms with Gasteiger partial charge in [0.1, 0.15) is 5.75 Å².